The molecule has 2 amide bonds. The van der Waals surface area contributed by atoms with Gasteiger partial charge in [0, 0.05) is 45.1 Å². The quantitative estimate of drug-likeness (QED) is 0.378. The van der Waals surface area contributed by atoms with E-state index in [1.807, 2.05) is 23.1 Å². The molecule has 2 aromatic heterocycles. The second-order valence-corrected chi connectivity index (χ2v) is 12.5. The number of carbonyl (C=O) groups is 2. The monoisotopic (exact) mass is 582 g/mol. The van der Waals surface area contributed by atoms with Crippen LogP contribution >= 0.6 is 0 Å². The third kappa shape index (κ3) is 5.90. The molecule has 0 unspecified atom stereocenters. The van der Waals surface area contributed by atoms with Gasteiger partial charge in [-0.1, -0.05) is 36.8 Å². The average Bonchev–Trinajstić information content (AvgIpc) is 3.34. The van der Waals surface area contributed by atoms with Gasteiger partial charge >= 0.3 is 0 Å². The summed E-state index contributed by atoms with van der Waals surface area (Å²) in [4.78, 5) is 43.4. The maximum absolute atomic E-state index is 12.5. The van der Waals surface area contributed by atoms with Crippen molar-refractivity contribution in [3.8, 4) is 12.3 Å². The van der Waals surface area contributed by atoms with E-state index >= 15 is 0 Å². The molecule has 3 fully saturated rings. The number of terminal acetylenes is 1. The molecule has 6 rings (SSSR count). The number of fused-ring (bicyclic) bond motifs is 1. The molecule has 3 aliphatic rings. The van der Waals surface area contributed by atoms with Crippen LogP contribution in [0.1, 0.15) is 81.0 Å². The lowest BCUT2D eigenvalue weighted by atomic mass is 9.80. The Morgan fingerprint density at radius 1 is 1.07 bits per heavy atom. The van der Waals surface area contributed by atoms with Gasteiger partial charge in [0.25, 0.3) is 5.91 Å². The van der Waals surface area contributed by atoms with E-state index in [0.29, 0.717) is 48.9 Å². The average molecular weight is 583 g/mol. The zero-order valence-corrected chi connectivity index (χ0v) is 25.2. The third-order valence-corrected chi connectivity index (χ3v) is 9.81. The fourth-order valence-electron chi connectivity index (χ4n) is 6.94. The highest BCUT2D eigenvalue weighted by molar-refractivity contribution is 5.94. The van der Waals surface area contributed by atoms with Crippen LogP contribution in [0.2, 0.25) is 0 Å². The topological polar surface area (TPSA) is 122 Å². The number of amides is 2. The number of nitrogens with zero attached hydrogens (tertiary/aromatic N) is 6. The number of nitrogens with two attached hydrogens (primary N) is 1. The number of benzene rings is 1. The first-order valence-corrected chi connectivity index (χ1v) is 15.7. The molecule has 0 spiro atoms. The molecule has 1 saturated heterocycles. The minimum atomic E-state index is -0.679. The highest BCUT2D eigenvalue weighted by Crippen LogP contribution is 2.38. The van der Waals surface area contributed by atoms with Crippen molar-refractivity contribution in [3.05, 3.63) is 41.7 Å². The minimum Gasteiger partial charge on any atom is -0.365 e. The predicted octanol–water partition coefficient (Wildman–Crippen LogP) is 4.38. The number of carbonyl (C=O) groups excluding carboxylic acids is 2. The Labute approximate surface area is 253 Å². The summed E-state index contributed by atoms with van der Waals surface area (Å²) in [5.41, 5.74) is 8.09. The van der Waals surface area contributed by atoms with Crippen molar-refractivity contribution in [3.63, 3.8) is 0 Å². The van der Waals surface area contributed by atoms with E-state index in [-0.39, 0.29) is 23.8 Å². The molecule has 0 radical (unpaired) electrons. The van der Waals surface area contributed by atoms with Crippen LogP contribution in [-0.4, -0.2) is 61.9 Å². The van der Waals surface area contributed by atoms with Crippen molar-refractivity contribution >= 4 is 34.7 Å². The largest absolute Gasteiger partial charge is 0.365 e. The molecule has 2 aliphatic carbocycles. The molecule has 3 N–H and O–H groups in total. The number of hydrogen-bond acceptors (Lipinski definition) is 7. The summed E-state index contributed by atoms with van der Waals surface area (Å²) < 4.78 is 2.26. The van der Waals surface area contributed by atoms with Crippen LogP contribution in [0.4, 0.5) is 11.8 Å². The summed E-state index contributed by atoms with van der Waals surface area (Å²) in [5, 5.41) is 3.64. The van der Waals surface area contributed by atoms with Crippen molar-refractivity contribution in [1.29, 1.82) is 0 Å². The number of nitrogens with one attached hydrogen (secondary N) is 1. The van der Waals surface area contributed by atoms with Crippen molar-refractivity contribution in [2.24, 2.45) is 23.5 Å². The Hall–Kier alpha value is -4.13. The second-order valence-electron chi connectivity index (χ2n) is 12.5. The third-order valence-electron chi connectivity index (χ3n) is 9.81. The number of aromatic nitrogens is 4. The molecular formula is C33H42N8O2. The van der Waals surface area contributed by atoms with Crippen LogP contribution in [0.5, 0.6) is 0 Å². The minimum absolute atomic E-state index is 0.0393. The zero-order valence-electron chi connectivity index (χ0n) is 25.2. The van der Waals surface area contributed by atoms with E-state index in [1.165, 1.54) is 19.3 Å². The van der Waals surface area contributed by atoms with Crippen molar-refractivity contribution in [2.75, 3.05) is 29.9 Å². The lowest BCUT2D eigenvalue weighted by molar-refractivity contribution is -0.129. The predicted molar refractivity (Wildman–Crippen MR) is 167 cm³/mol. The maximum atomic E-state index is 12.5. The van der Waals surface area contributed by atoms with Crippen LogP contribution < -0.4 is 16.0 Å². The Bertz CT molecular complexity index is 1520. The molecule has 2 atom stereocenters. The van der Waals surface area contributed by atoms with E-state index in [9.17, 15) is 9.59 Å². The maximum Gasteiger partial charge on any atom is 0.286 e. The molecule has 3 heterocycles. The number of piperazine rings is 1. The van der Waals surface area contributed by atoms with Gasteiger partial charge in [0.1, 0.15) is 5.52 Å². The van der Waals surface area contributed by atoms with Crippen LogP contribution in [0, 0.1) is 30.1 Å². The van der Waals surface area contributed by atoms with Crippen molar-refractivity contribution in [2.45, 2.75) is 77.4 Å². The molecule has 43 heavy (non-hydrogen) atoms. The number of primary amides is 1. The SMILES string of the molecule is C#C[C@H]1CC[C@H](Cn2c(N3CCN(C(C)=O)C[C@H]3c3ccccc3)nc3nc(C(N)=O)nc(N[C@H](C)C4CCC4)c32)CC1. The van der Waals surface area contributed by atoms with Gasteiger partial charge in [-0.3, -0.25) is 9.59 Å². The van der Waals surface area contributed by atoms with E-state index in [1.54, 1.807) is 6.92 Å². The first-order chi connectivity index (χ1) is 20.8. The summed E-state index contributed by atoms with van der Waals surface area (Å²) in [6.45, 7) is 6.31. The first kappa shape index (κ1) is 29.0. The molecule has 0 bridgehead atoms. The van der Waals surface area contributed by atoms with Gasteiger partial charge in [-0.2, -0.15) is 4.98 Å². The Kier molecular flexibility index (Phi) is 8.24. The van der Waals surface area contributed by atoms with Crippen LogP contribution in [0.25, 0.3) is 11.2 Å². The van der Waals surface area contributed by atoms with Gasteiger partial charge in [-0.25, -0.2) is 9.97 Å². The molecule has 2 saturated carbocycles. The fraction of sp³-hybridized carbons (Fsp3) is 0.545. The zero-order chi connectivity index (χ0) is 30.1. The van der Waals surface area contributed by atoms with E-state index in [0.717, 1.165) is 49.3 Å². The molecular weight excluding hydrogens is 540 g/mol. The van der Waals surface area contributed by atoms with Gasteiger partial charge in [0.2, 0.25) is 17.7 Å². The summed E-state index contributed by atoms with van der Waals surface area (Å²) in [5.74, 6) is 4.98. The first-order valence-electron chi connectivity index (χ1n) is 15.7. The Morgan fingerprint density at radius 3 is 2.44 bits per heavy atom. The summed E-state index contributed by atoms with van der Waals surface area (Å²) >= 11 is 0. The van der Waals surface area contributed by atoms with Crippen molar-refractivity contribution < 1.29 is 9.59 Å². The molecule has 1 aromatic carbocycles. The lowest BCUT2D eigenvalue weighted by Gasteiger charge is -2.42. The standard InChI is InChI=1S/C33H42N8O2/c1-4-23-13-15-24(16-14-23)19-41-28-30(35-21(2)25-11-8-12-25)36-32(29(34)43)37-31(28)38-33(41)40-18-17-39(22(3)42)20-27(40)26-9-6-5-7-10-26/h1,5-7,9-10,21,23-25,27H,8,11-20H2,2-3H3,(H2,34,43)(H,35,36,37)/t21-,23-,24-,27+/m1/s1. The highest BCUT2D eigenvalue weighted by atomic mass is 16.2. The number of rotatable bonds is 8. The fourth-order valence-corrected chi connectivity index (χ4v) is 6.94. The van der Waals surface area contributed by atoms with Crippen LogP contribution in [0.3, 0.4) is 0 Å². The molecule has 10 nitrogen and oxygen atoms in total. The van der Waals surface area contributed by atoms with E-state index in [2.05, 4.69) is 49.7 Å². The normalized spacial score (nSPS) is 23.4. The van der Waals surface area contributed by atoms with E-state index < -0.39 is 5.91 Å². The second kappa shape index (κ2) is 12.2. The van der Waals surface area contributed by atoms with Gasteiger partial charge in [-0.05, 0) is 62.8 Å². The Morgan fingerprint density at radius 2 is 1.81 bits per heavy atom. The van der Waals surface area contributed by atoms with Crippen LogP contribution in [-0.2, 0) is 11.3 Å². The summed E-state index contributed by atoms with van der Waals surface area (Å²) in [7, 11) is 0. The van der Waals surface area contributed by atoms with E-state index in [4.69, 9.17) is 17.1 Å². The number of anilines is 2. The Balaban J connectivity index is 1.48. The highest BCUT2D eigenvalue weighted by Gasteiger charge is 2.35. The van der Waals surface area contributed by atoms with Gasteiger partial charge in [0.15, 0.2) is 11.5 Å². The number of hydrogen-bond donors (Lipinski definition) is 2. The lowest BCUT2D eigenvalue weighted by Crippen LogP contribution is -2.50. The van der Waals surface area contributed by atoms with Gasteiger partial charge in [-0.15, -0.1) is 12.3 Å². The van der Waals surface area contributed by atoms with Crippen molar-refractivity contribution in [1.82, 2.24) is 24.4 Å². The molecule has 226 valence electrons. The molecule has 3 aromatic rings. The van der Waals surface area contributed by atoms with Gasteiger partial charge in [0.05, 0.1) is 6.04 Å². The summed E-state index contributed by atoms with van der Waals surface area (Å²) in [6.07, 6.45) is 13.4. The molecule has 10 heteroatoms. The smallest absolute Gasteiger partial charge is 0.286 e. The number of imidazole rings is 1. The molecule has 1 aliphatic heterocycles. The van der Waals surface area contributed by atoms with Crippen LogP contribution in [0.15, 0.2) is 30.3 Å². The van der Waals surface area contributed by atoms with Gasteiger partial charge < -0.3 is 25.4 Å². The summed E-state index contributed by atoms with van der Waals surface area (Å²) in [6, 6.07) is 10.4.